The summed E-state index contributed by atoms with van der Waals surface area (Å²) in [5, 5.41) is 7.35. The van der Waals surface area contributed by atoms with Gasteiger partial charge in [0.1, 0.15) is 17.5 Å². The van der Waals surface area contributed by atoms with Gasteiger partial charge in [-0.25, -0.2) is 4.98 Å². The lowest BCUT2D eigenvalue weighted by atomic mass is 10.5. The van der Waals surface area contributed by atoms with Gasteiger partial charge in [0.25, 0.3) is 0 Å². The molecule has 0 aliphatic carbocycles. The SMILES string of the molecule is CCNc1cc(-n2nc(C)nc2C)nc(N)n1. The van der Waals surface area contributed by atoms with E-state index in [0.717, 1.165) is 12.4 Å². The van der Waals surface area contributed by atoms with Gasteiger partial charge in [-0.1, -0.05) is 0 Å². The molecule has 0 saturated heterocycles. The number of anilines is 2. The van der Waals surface area contributed by atoms with Crippen LogP contribution in [0, 0.1) is 13.8 Å². The third-order valence-electron chi connectivity index (χ3n) is 2.18. The summed E-state index contributed by atoms with van der Waals surface area (Å²) in [6, 6.07) is 1.79. The highest BCUT2D eigenvalue weighted by molar-refractivity contribution is 5.45. The van der Waals surface area contributed by atoms with Gasteiger partial charge in [0, 0.05) is 12.6 Å². The molecule has 0 aliphatic heterocycles. The van der Waals surface area contributed by atoms with Crippen LogP contribution in [0.1, 0.15) is 18.6 Å². The maximum atomic E-state index is 5.66. The lowest BCUT2D eigenvalue weighted by Crippen LogP contribution is -2.09. The van der Waals surface area contributed by atoms with Gasteiger partial charge in [0.2, 0.25) is 5.95 Å². The fourth-order valence-electron chi connectivity index (χ4n) is 1.57. The largest absolute Gasteiger partial charge is 0.370 e. The second kappa shape index (κ2) is 4.36. The summed E-state index contributed by atoms with van der Waals surface area (Å²) in [7, 11) is 0. The lowest BCUT2D eigenvalue weighted by Gasteiger charge is -2.07. The molecule has 0 aliphatic rings. The van der Waals surface area contributed by atoms with Crippen LogP contribution in [0.25, 0.3) is 5.82 Å². The van der Waals surface area contributed by atoms with Crippen molar-refractivity contribution in [3.05, 3.63) is 17.7 Å². The van der Waals surface area contributed by atoms with Crippen LogP contribution < -0.4 is 11.1 Å². The maximum Gasteiger partial charge on any atom is 0.224 e. The molecule has 2 aromatic heterocycles. The number of nitrogens with two attached hydrogens (primary N) is 1. The smallest absolute Gasteiger partial charge is 0.224 e. The molecule has 0 fully saturated rings. The van der Waals surface area contributed by atoms with Gasteiger partial charge in [0.05, 0.1) is 0 Å². The molecule has 2 heterocycles. The molecular weight excluding hydrogens is 218 g/mol. The fraction of sp³-hybridized carbons (Fsp3) is 0.400. The van der Waals surface area contributed by atoms with Crippen LogP contribution in [0.5, 0.6) is 0 Å². The van der Waals surface area contributed by atoms with Crippen molar-refractivity contribution in [2.75, 3.05) is 17.6 Å². The summed E-state index contributed by atoms with van der Waals surface area (Å²) >= 11 is 0. The third-order valence-corrected chi connectivity index (χ3v) is 2.18. The van der Waals surface area contributed by atoms with E-state index in [4.69, 9.17) is 5.73 Å². The molecule has 2 rings (SSSR count). The summed E-state index contributed by atoms with van der Waals surface area (Å²) in [6.07, 6.45) is 0. The molecule has 7 heteroatoms. The molecule has 2 aromatic rings. The molecule has 0 unspecified atom stereocenters. The fourth-order valence-corrected chi connectivity index (χ4v) is 1.57. The first kappa shape index (κ1) is 11.3. The summed E-state index contributed by atoms with van der Waals surface area (Å²) in [5.41, 5.74) is 5.66. The van der Waals surface area contributed by atoms with Gasteiger partial charge < -0.3 is 11.1 Å². The van der Waals surface area contributed by atoms with Crippen molar-refractivity contribution in [3.8, 4) is 5.82 Å². The van der Waals surface area contributed by atoms with Crippen molar-refractivity contribution in [1.82, 2.24) is 24.7 Å². The van der Waals surface area contributed by atoms with E-state index in [2.05, 4.69) is 25.4 Å². The van der Waals surface area contributed by atoms with E-state index in [-0.39, 0.29) is 5.95 Å². The Labute approximate surface area is 99.1 Å². The van der Waals surface area contributed by atoms with Crippen molar-refractivity contribution in [2.24, 2.45) is 0 Å². The standard InChI is InChI=1S/C10H15N7/c1-4-12-8-5-9(15-10(11)14-8)17-7(3)13-6(2)16-17/h5H,4H2,1-3H3,(H3,11,12,14,15). The number of aromatic nitrogens is 5. The molecule has 7 nitrogen and oxygen atoms in total. The van der Waals surface area contributed by atoms with Crippen molar-refractivity contribution >= 4 is 11.8 Å². The molecule has 0 amide bonds. The highest BCUT2D eigenvalue weighted by Gasteiger charge is 2.09. The number of hydrogen-bond acceptors (Lipinski definition) is 6. The van der Waals surface area contributed by atoms with E-state index in [0.29, 0.717) is 17.5 Å². The number of nitrogens with zero attached hydrogens (tertiary/aromatic N) is 5. The number of nitrogens with one attached hydrogen (secondary N) is 1. The minimum Gasteiger partial charge on any atom is -0.370 e. The Balaban J connectivity index is 2.48. The van der Waals surface area contributed by atoms with E-state index < -0.39 is 0 Å². The Morgan fingerprint density at radius 3 is 2.65 bits per heavy atom. The molecule has 0 atom stereocenters. The van der Waals surface area contributed by atoms with Crippen LogP contribution in [0.3, 0.4) is 0 Å². The number of aryl methyl sites for hydroxylation is 2. The first-order chi connectivity index (χ1) is 8.10. The van der Waals surface area contributed by atoms with Crippen molar-refractivity contribution in [3.63, 3.8) is 0 Å². The summed E-state index contributed by atoms with van der Waals surface area (Å²) in [5.74, 6) is 2.98. The molecular formula is C10H15N7. The minimum atomic E-state index is 0.214. The number of rotatable bonds is 3. The van der Waals surface area contributed by atoms with Crippen molar-refractivity contribution in [1.29, 1.82) is 0 Å². The van der Waals surface area contributed by atoms with Crippen LogP contribution in [0.4, 0.5) is 11.8 Å². The molecule has 90 valence electrons. The minimum absolute atomic E-state index is 0.214. The first-order valence-electron chi connectivity index (χ1n) is 5.39. The molecule has 0 radical (unpaired) electrons. The highest BCUT2D eigenvalue weighted by atomic mass is 15.4. The van der Waals surface area contributed by atoms with E-state index >= 15 is 0 Å². The normalized spacial score (nSPS) is 10.5. The zero-order chi connectivity index (χ0) is 12.4. The predicted molar refractivity (Wildman–Crippen MR) is 65.0 cm³/mol. The van der Waals surface area contributed by atoms with Gasteiger partial charge in [-0.05, 0) is 20.8 Å². The average Bonchev–Trinajstić information content (AvgIpc) is 2.57. The molecule has 17 heavy (non-hydrogen) atoms. The molecule has 0 bridgehead atoms. The monoisotopic (exact) mass is 233 g/mol. The van der Waals surface area contributed by atoms with E-state index in [9.17, 15) is 0 Å². The quantitative estimate of drug-likeness (QED) is 0.809. The van der Waals surface area contributed by atoms with Crippen molar-refractivity contribution in [2.45, 2.75) is 20.8 Å². The maximum absolute atomic E-state index is 5.66. The van der Waals surface area contributed by atoms with Crippen LogP contribution in [0.2, 0.25) is 0 Å². The number of hydrogen-bond donors (Lipinski definition) is 2. The van der Waals surface area contributed by atoms with Crippen LogP contribution in [-0.2, 0) is 0 Å². The first-order valence-corrected chi connectivity index (χ1v) is 5.39. The zero-order valence-electron chi connectivity index (χ0n) is 10.1. The molecule has 0 saturated carbocycles. The second-order valence-corrected chi connectivity index (χ2v) is 3.62. The van der Waals surface area contributed by atoms with Gasteiger partial charge >= 0.3 is 0 Å². The Hall–Kier alpha value is -2.18. The van der Waals surface area contributed by atoms with Crippen LogP contribution in [0.15, 0.2) is 6.07 Å². The highest BCUT2D eigenvalue weighted by Crippen LogP contribution is 2.13. The average molecular weight is 233 g/mol. The number of nitrogen functional groups attached to an aromatic ring is 1. The lowest BCUT2D eigenvalue weighted by molar-refractivity contribution is 0.801. The molecule has 0 spiro atoms. The second-order valence-electron chi connectivity index (χ2n) is 3.62. The van der Waals surface area contributed by atoms with Crippen LogP contribution >= 0.6 is 0 Å². The Bertz CT molecular complexity index is 531. The van der Waals surface area contributed by atoms with Gasteiger partial charge in [0.15, 0.2) is 5.82 Å². The van der Waals surface area contributed by atoms with E-state index in [1.54, 1.807) is 10.7 Å². The van der Waals surface area contributed by atoms with Crippen molar-refractivity contribution < 1.29 is 0 Å². The van der Waals surface area contributed by atoms with E-state index in [1.165, 1.54) is 0 Å². The Kier molecular flexibility index (Phi) is 2.90. The molecule has 3 N–H and O–H groups in total. The third kappa shape index (κ3) is 2.32. The van der Waals surface area contributed by atoms with Gasteiger partial charge in [-0.2, -0.15) is 14.6 Å². The summed E-state index contributed by atoms with van der Waals surface area (Å²) in [4.78, 5) is 12.5. The van der Waals surface area contributed by atoms with E-state index in [1.807, 2.05) is 20.8 Å². The topological polar surface area (TPSA) is 94.5 Å². The predicted octanol–water partition coefficient (Wildman–Crippen LogP) is 0.688. The Morgan fingerprint density at radius 2 is 2.06 bits per heavy atom. The van der Waals surface area contributed by atoms with Gasteiger partial charge in [-0.15, -0.1) is 5.10 Å². The summed E-state index contributed by atoms with van der Waals surface area (Å²) < 4.78 is 1.65. The summed E-state index contributed by atoms with van der Waals surface area (Å²) in [6.45, 7) is 6.46. The Morgan fingerprint density at radius 1 is 1.29 bits per heavy atom. The molecule has 0 aromatic carbocycles. The van der Waals surface area contributed by atoms with Gasteiger partial charge in [-0.3, -0.25) is 0 Å². The zero-order valence-corrected chi connectivity index (χ0v) is 10.1. The van der Waals surface area contributed by atoms with Crippen LogP contribution in [-0.4, -0.2) is 31.3 Å².